The standard InChI is InChI=1S/C14H21N5O3/c1-14(2,18-8-12(7-15-18)19(21)22)13(20)17-11-5-9-3-4-10(6-11)16-9/h7-11,16H,3-6H2,1-2H3,(H,17,20). The average molecular weight is 307 g/mol. The van der Waals surface area contributed by atoms with Gasteiger partial charge in [0.15, 0.2) is 0 Å². The number of carbonyl (C=O) groups excluding carboxylic acids is 1. The van der Waals surface area contributed by atoms with Crippen molar-refractivity contribution in [2.75, 3.05) is 0 Å². The highest BCUT2D eigenvalue weighted by atomic mass is 16.6. The van der Waals surface area contributed by atoms with Gasteiger partial charge in [0.25, 0.3) is 0 Å². The third-order valence-electron chi connectivity index (χ3n) is 4.72. The summed E-state index contributed by atoms with van der Waals surface area (Å²) in [4.78, 5) is 22.8. The normalized spacial score (nSPS) is 27.6. The van der Waals surface area contributed by atoms with E-state index in [1.807, 2.05) is 0 Å². The van der Waals surface area contributed by atoms with Gasteiger partial charge in [0.2, 0.25) is 5.91 Å². The molecule has 2 aliphatic rings. The number of carbonyl (C=O) groups is 1. The molecule has 1 aromatic rings. The highest BCUT2D eigenvalue weighted by molar-refractivity contribution is 5.83. The Morgan fingerprint density at radius 3 is 2.64 bits per heavy atom. The highest BCUT2D eigenvalue weighted by Crippen LogP contribution is 2.27. The SMILES string of the molecule is CC(C)(C(=O)NC1CC2CCC(C1)N2)n1cc([N+](=O)[O-])cn1. The number of nitro groups is 1. The van der Waals surface area contributed by atoms with Crippen molar-refractivity contribution in [3.05, 3.63) is 22.5 Å². The molecule has 22 heavy (non-hydrogen) atoms. The van der Waals surface area contributed by atoms with E-state index in [1.165, 1.54) is 29.9 Å². The molecule has 0 aliphatic carbocycles. The van der Waals surface area contributed by atoms with Crippen molar-refractivity contribution in [1.29, 1.82) is 0 Å². The lowest BCUT2D eigenvalue weighted by Crippen LogP contribution is -2.53. The van der Waals surface area contributed by atoms with Crippen molar-refractivity contribution in [3.63, 3.8) is 0 Å². The van der Waals surface area contributed by atoms with Crippen LogP contribution in [-0.4, -0.2) is 38.7 Å². The van der Waals surface area contributed by atoms with E-state index in [0.717, 1.165) is 12.8 Å². The van der Waals surface area contributed by atoms with E-state index in [0.29, 0.717) is 12.1 Å². The van der Waals surface area contributed by atoms with E-state index in [-0.39, 0.29) is 17.6 Å². The minimum Gasteiger partial charge on any atom is -0.351 e. The second kappa shape index (κ2) is 5.35. The number of piperidine rings is 1. The van der Waals surface area contributed by atoms with Crippen molar-refractivity contribution in [2.45, 2.75) is 63.2 Å². The van der Waals surface area contributed by atoms with Gasteiger partial charge in [-0.05, 0) is 39.5 Å². The summed E-state index contributed by atoms with van der Waals surface area (Å²) in [5.74, 6) is -0.156. The predicted octanol–water partition coefficient (Wildman–Crippen LogP) is 0.926. The van der Waals surface area contributed by atoms with Gasteiger partial charge >= 0.3 is 5.69 Å². The molecule has 2 bridgehead atoms. The van der Waals surface area contributed by atoms with Crippen molar-refractivity contribution in [2.24, 2.45) is 0 Å². The fraction of sp³-hybridized carbons (Fsp3) is 0.714. The van der Waals surface area contributed by atoms with Crippen LogP contribution >= 0.6 is 0 Å². The summed E-state index contributed by atoms with van der Waals surface area (Å²) in [5.41, 5.74) is -1.07. The molecule has 0 radical (unpaired) electrons. The van der Waals surface area contributed by atoms with E-state index in [1.54, 1.807) is 13.8 Å². The highest BCUT2D eigenvalue weighted by Gasteiger charge is 2.38. The topological polar surface area (TPSA) is 102 Å². The molecule has 3 heterocycles. The Morgan fingerprint density at radius 2 is 2.09 bits per heavy atom. The van der Waals surface area contributed by atoms with Crippen LogP contribution in [0.4, 0.5) is 5.69 Å². The molecule has 2 aliphatic heterocycles. The van der Waals surface area contributed by atoms with Crippen LogP contribution in [0.25, 0.3) is 0 Å². The van der Waals surface area contributed by atoms with Crippen molar-refractivity contribution >= 4 is 11.6 Å². The molecule has 1 aromatic heterocycles. The fourth-order valence-electron chi connectivity index (χ4n) is 3.35. The van der Waals surface area contributed by atoms with Crippen LogP contribution < -0.4 is 10.6 Å². The lowest BCUT2D eigenvalue weighted by atomic mass is 9.97. The van der Waals surface area contributed by atoms with E-state index in [9.17, 15) is 14.9 Å². The quantitative estimate of drug-likeness (QED) is 0.636. The number of hydrogen-bond donors (Lipinski definition) is 2. The first-order chi connectivity index (χ1) is 10.4. The zero-order valence-electron chi connectivity index (χ0n) is 12.8. The van der Waals surface area contributed by atoms with Crippen LogP contribution in [-0.2, 0) is 10.3 Å². The van der Waals surface area contributed by atoms with E-state index >= 15 is 0 Å². The van der Waals surface area contributed by atoms with Gasteiger partial charge in [0.1, 0.15) is 17.9 Å². The Labute approximate surface area is 128 Å². The maximum Gasteiger partial charge on any atom is 0.307 e. The van der Waals surface area contributed by atoms with Crippen LogP contribution in [0.3, 0.4) is 0 Å². The van der Waals surface area contributed by atoms with Crippen molar-refractivity contribution < 1.29 is 9.72 Å². The van der Waals surface area contributed by atoms with Crippen LogP contribution in [0.15, 0.2) is 12.4 Å². The van der Waals surface area contributed by atoms with E-state index in [4.69, 9.17) is 0 Å². The Bertz CT molecular complexity index is 585. The summed E-state index contributed by atoms with van der Waals surface area (Å²) >= 11 is 0. The van der Waals surface area contributed by atoms with Crippen LogP contribution in [0.5, 0.6) is 0 Å². The smallest absolute Gasteiger partial charge is 0.307 e. The lowest BCUT2D eigenvalue weighted by molar-refractivity contribution is -0.385. The molecule has 8 heteroatoms. The number of nitrogens with one attached hydrogen (secondary N) is 2. The molecular weight excluding hydrogens is 286 g/mol. The lowest BCUT2D eigenvalue weighted by Gasteiger charge is -2.32. The third-order valence-corrected chi connectivity index (χ3v) is 4.72. The number of aromatic nitrogens is 2. The molecule has 2 unspecified atom stereocenters. The first kappa shape index (κ1) is 15.0. The zero-order chi connectivity index (χ0) is 15.9. The summed E-state index contributed by atoms with van der Waals surface area (Å²) in [5, 5.41) is 21.3. The molecule has 2 saturated heterocycles. The molecule has 8 nitrogen and oxygen atoms in total. The van der Waals surface area contributed by atoms with Gasteiger partial charge in [0, 0.05) is 18.1 Å². The van der Waals surface area contributed by atoms with Crippen LogP contribution in [0.2, 0.25) is 0 Å². The van der Waals surface area contributed by atoms with Crippen molar-refractivity contribution in [1.82, 2.24) is 20.4 Å². The first-order valence-corrected chi connectivity index (χ1v) is 7.63. The molecule has 2 atom stereocenters. The largest absolute Gasteiger partial charge is 0.351 e. The average Bonchev–Trinajstić information content (AvgIpc) is 3.06. The second-order valence-corrected chi connectivity index (χ2v) is 6.74. The van der Waals surface area contributed by atoms with Gasteiger partial charge in [-0.15, -0.1) is 0 Å². The summed E-state index contributed by atoms with van der Waals surface area (Å²) in [7, 11) is 0. The van der Waals surface area contributed by atoms with Gasteiger partial charge in [-0.2, -0.15) is 5.10 Å². The Morgan fingerprint density at radius 1 is 1.45 bits per heavy atom. The molecule has 120 valence electrons. The van der Waals surface area contributed by atoms with Crippen LogP contribution in [0.1, 0.15) is 39.5 Å². The minimum atomic E-state index is -0.960. The Kier molecular flexibility index (Phi) is 3.64. The van der Waals surface area contributed by atoms with Crippen LogP contribution in [0, 0.1) is 10.1 Å². The third kappa shape index (κ3) is 2.70. The number of nitrogens with zero attached hydrogens (tertiary/aromatic N) is 3. The number of amides is 1. The predicted molar refractivity (Wildman–Crippen MR) is 79.3 cm³/mol. The summed E-state index contributed by atoms with van der Waals surface area (Å²) in [6, 6.07) is 1.16. The maximum atomic E-state index is 12.6. The Hall–Kier alpha value is -1.96. The van der Waals surface area contributed by atoms with Gasteiger partial charge in [-0.25, -0.2) is 0 Å². The number of fused-ring (bicyclic) bond motifs is 2. The molecule has 3 rings (SSSR count). The fourth-order valence-corrected chi connectivity index (χ4v) is 3.35. The molecule has 0 aromatic carbocycles. The van der Waals surface area contributed by atoms with E-state index in [2.05, 4.69) is 15.7 Å². The summed E-state index contributed by atoms with van der Waals surface area (Å²) < 4.78 is 1.36. The molecule has 1 amide bonds. The monoisotopic (exact) mass is 307 g/mol. The Balaban J connectivity index is 1.68. The van der Waals surface area contributed by atoms with Gasteiger partial charge in [-0.3, -0.25) is 19.6 Å². The first-order valence-electron chi connectivity index (χ1n) is 7.63. The zero-order valence-corrected chi connectivity index (χ0v) is 12.8. The molecule has 0 spiro atoms. The van der Waals surface area contributed by atoms with Gasteiger partial charge in [-0.1, -0.05) is 0 Å². The van der Waals surface area contributed by atoms with Gasteiger partial charge in [0.05, 0.1) is 4.92 Å². The second-order valence-electron chi connectivity index (χ2n) is 6.74. The molecule has 2 N–H and O–H groups in total. The molecule has 0 saturated carbocycles. The number of hydrogen-bond acceptors (Lipinski definition) is 5. The number of rotatable bonds is 4. The van der Waals surface area contributed by atoms with Crippen molar-refractivity contribution in [3.8, 4) is 0 Å². The molecular formula is C14H21N5O3. The summed E-state index contributed by atoms with van der Waals surface area (Å²) in [6.45, 7) is 3.43. The minimum absolute atomic E-state index is 0.110. The van der Waals surface area contributed by atoms with E-state index < -0.39 is 10.5 Å². The maximum absolute atomic E-state index is 12.6. The van der Waals surface area contributed by atoms with Gasteiger partial charge < -0.3 is 10.6 Å². The molecule has 2 fully saturated rings. The summed E-state index contributed by atoms with van der Waals surface area (Å²) in [6.07, 6.45) is 6.69.